The largest absolute Gasteiger partial charge is 0.365 e. The third-order valence-electron chi connectivity index (χ3n) is 5.70. The Bertz CT molecular complexity index is 916. The van der Waals surface area contributed by atoms with Crippen molar-refractivity contribution in [2.24, 2.45) is 11.7 Å². The molecule has 3 N–H and O–H groups in total. The van der Waals surface area contributed by atoms with Gasteiger partial charge in [-0.2, -0.15) is 0 Å². The number of fused-ring (bicyclic) bond motifs is 1. The minimum atomic E-state index is -0.499. The Hall–Kier alpha value is -2.19. The number of hydrogen-bond donors (Lipinski definition) is 2. The van der Waals surface area contributed by atoms with Crippen molar-refractivity contribution in [1.82, 2.24) is 4.90 Å². The number of nitrogens with two attached hydrogens (primary N) is 1. The van der Waals surface area contributed by atoms with Crippen LogP contribution in [0.4, 0.5) is 5.00 Å². The lowest BCUT2D eigenvalue weighted by atomic mass is 9.84. The van der Waals surface area contributed by atoms with Crippen molar-refractivity contribution in [2.75, 3.05) is 11.9 Å². The van der Waals surface area contributed by atoms with Crippen LogP contribution in [0.5, 0.6) is 0 Å². The monoisotopic (exact) mass is 431 g/mol. The summed E-state index contributed by atoms with van der Waals surface area (Å²) < 4.78 is 0. The number of anilines is 1. The first kappa shape index (κ1) is 20.1. The van der Waals surface area contributed by atoms with E-state index in [-0.39, 0.29) is 24.3 Å². The van der Waals surface area contributed by atoms with E-state index in [9.17, 15) is 14.4 Å². The number of thiophene rings is 2. The van der Waals surface area contributed by atoms with Crippen LogP contribution >= 0.6 is 22.7 Å². The second-order valence-corrected chi connectivity index (χ2v) is 9.87. The van der Waals surface area contributed by atoms with E-state index in [1.165, 1.54) is 11.3 Å². The molecule has 8 heteroatoms. The minimum absolute atomic E-state index is 0.0198. The first-order chi connectivity index (χ1) is 14.0. The number of aryl methyl sites for hydroxylation is 1. The van der Waals surface area contributed by atoms with Crippen LogP contribution in [0.1, 0.15) is 57.8 Å². The minimum Gasteiger partial charge on any atom is -0.365 e. The topological polar surface area (TPSA) is 92.5 Å². The number of nitrogens with one attached hydrogen (secondary N) is 1. The second kappa shape index (κ2) is 8.67. The predicted molar refractivity (Wildman–Crippen MR) is 115 cm³/mol. The molecular formula is C21H25N3O3S2. The Kier molecular flexibility index (Phi) is 6.01. The number of amides is 3. The summed E-state index contributed by atoms with van der Waals surface area (Å²) in [6.07, 6.45) is 6.71. The van der Waals surface area contributed by atoms with Crippen molar-refractivity contribution in [3.63, 3.8) is 0 Å². The molecule has 3 amide bonds. The fourth-order valence-electron chi connectivity index (χ4n) is 3.97. The standard InChI is InChI=1S/C21H25N3O3S2/c22-19(26)18-15-8-1-2-9-16(15)29-20(18)23-17(25)12-24(11-14-7-4-10-28-14)21(27)13-5-3-6-13/h4,7,10,13H,1-3,5-6,8-9,11-12H2,(H2,22,26)(H,23,25). The molecule has 0 saturated heterocycles. The molecule has 2 aliphatic carbocycles. The molecule has 0 bridgehead atoms. The van der Waals surface area contributed by atoms with E-state index in [1.54, 1.807) is 16.2 Å². The van der Waals surface area contributed by atoms with Gasteiger partial charge < -0.3 is 16.0 Å². The first-order valence-corrected chi connectivity index (χ1v) is 11.8. The average molecular weight is 432 g/mol. The summed E-state index contributed by atoms with van der Waals surface area (Å²) in [4.78, 5) is 41.5. The van der Waals surface area contributed by atoms with E-state index in [0.29, 0.717) is 17.1 Å². The molecule has 2 heterocycles. The van der Waals surface area contributed by atoms with Crippen LogP contribution in [0.15, 0.2) is 17.5 Å². The molecule has 0 atom stereocenters. The van der Waals surface area contributed by atoms with E-state index < -0.39 is 5.91 Å². The molecule has 0 radical (unpaired) electrons. The van der Waals surface area contributed by atoms with Crippen molar-refractivity contribution in [3.05, 3.63) is 38.4 Å². The van der Waals surface area contributed by atoms with Crippen molar-refractivity contribution in [1.29, 1.82) is 0 Å². The van der Waals surface area contributed by atoms with Crippen molar-refractivity contribution >= 4 is 45.4 Å². The van der Waals surface area contributed by atoms with E-state index in [0.717, 1.165) is 60.3 Å². The average Bonchev–Trinajstić information content (AvgIpc) is 3.26. The maximum Gasteiger partial charge on any atom is 0.251 e. The van der Waals surface area contributed by atoms with Gasteiger partial charge in [0.05, 0.1) is 12.1 Å². The lowest BCUT2D eigenvalue weighted by Gasteiger charge is -2.31. The van der Waals surface area contributed by atoms with Gasteiger partial charge in [-0.05, 0) is 55.5 Å². The quantitative estimate of drug-likeness (QED) is 0.702. The van der Waals surface area contributed by atoms with Gasteiger partial charge in [0.1, 0.15) is 11.5 Å². The predicted octanol–water partition coefficient (Wildman–Crippen LogP) is 3.55. The lowest BCUT2D eigenvalue weighted by Crippen LogP contribution is -2.42. The number of rotatable bonds is 7. The summed E-state index contributed by atoms with van der Waals surface area (Å²) in [7, 11) is 0. The Morgan fingerprint density at radius 2 is 1.97 bits per heavy atom. The number of hydrogen-bond acceptors (Lipinski definition) is 5. The molecule has 2 aromatic heterocycles. The molecule has 6 nitrogen and oxygen atoms in total. The third kappa shape index (κ3) is 4.38. The van der Waals surface area contributed by atoms with E-state index >= 15 is 0 Å². The highest BCUT2D eigenvalue weighted by Gasteiger charge is 2.31. The van der Waals surface area contributed by atoms with Crippen LogP contribution < -0.4 is 11.1 Å². The van der Waals surface area contributed by atoms with Gasteiger partial charge in [0.25, 0.3) is 5.91 Å². The number of nitrogens with zero attached hydrogens (tertiary/aromatic N) is 1. The van der Waals surface area contributed by atoms with E-state index in [1.807, 2.05) is 17.5 Å². The van der Waals surface area contributed by atoms with Gasteiger partial charge in [0.15, 0.2) is 0 Å². The Morgan fingerprint density at radius 3 is 2.62 bits per heavy atom. The zero-order valence-electron chi connectivity index (χ0n) is 16.2. The Balaban J connectivity index is 1.50. The summed E-state index contributed by atoms with van der Waals surface area (Å²) in [5.74, 6) is -0.714. The molecule has 1 saturated carbocycles. The molecule has 4 rings (SSSR count). The van der Waals surface area contributed by atoms with Gasteiger partial charge in [0, 0.05) is 15.7 Å². The van der Waals surface area contributed by atoms with Gasteiger partial charge in [-0.15, -0.1) is 22.7 Å². The highest BCUT2D eigenvalue weighted by Crippen LogP contribution is 2.38. The molecule has 0 spiro atoms. The molecule has 2 aliphatic rings. The molecule has 0 aromatic carbocycles. The number of primary amides is 1. The van der Waals surface area contributed by atoms with Crippen LogP contribution in [-0.4, -0.2) is 29.2 Å². The molecular weight excluding hydrogens is 406 g/mol. The Labute approximate surface area is 178 Å². The fourth-order valence-corrected chi connectivity index (χ4v) is 6.00. The van der Waals surface area contributed by atoms with Crippen LogP contribution in [0.25, 0.3) is 0 Å². The molecule has 154 valence electrons. The highest BCUT2D eigenvalue weighted by molar-refractivity contribution is 7.17. The molecule has 0 aliphatic heterocycles. The van der Waals surface area contributed by atoms with Gasteiger partial charge in [-0.25, -0.2) is 0 Å². The molecule has 1 fully saturated rings. The van der Waals surface area contributed by atoms with Gasteiger partial charge in [-0.3, -0.25) is 14.4 Å². The number of carbonyl (C=O) groups excluding carboxylic acids is 3. The SMILES string of the molecule is NC(=O)c1c(NC(=O)CN(Cc2cccs2)C(=O)C2CCC2)sc2c1CCCC2. The third-order valence-corrected chi connectivity index (χ3v) is 7.77. The van der Waals surface area contributed by atoms with Gasteiger partial charge >= 0.3 is 0 Å². The van der Waals surface area contributed by atoms with Gasteiger partial charge in [0.2, 0.25) is 11.8 Å². The van der Waals surface area contributed by atoms with Crippen LogP contribution in [0.3, 0.4) is 0 Å². The zero-order chi connectivity index (χ0) is 20.4. The molecule has 2 aromatic rings. The van der Waals surface area contributed by atoms with Crippen LogP contribution in [0.2, 0.25) is 0 Å². The fraction of sp³-hybridized carbons (Fsp3) is 0.476. The molecule has 0 unspecified atom stereocenters. The maximum absolute atomic E-state index is 12.9. The summed E-state index contributed by atoms with van der Waals surface area (Å²) in [5, 5.41) is 5.38. The van der Waals surface area contributed by atoms with Crippen molar-refractivity contribution in [2.45, 2.75) is 51.5 Å². The zero-order valence-corrected chi connectivity index (χ0v) is 17.9. The Morgan fingerprint density at radius 1 is 1.17 bits per heavy atom. The van der Waals surface area contributed by atoms with Gasteiger partial charge in [-0.1, -0.05) is 12.5 Å². The highest BCUT2D eigenvalue weighted by atomic mass is 32.1. The van der Waals surface area contributed by atoms with E-state index in [2.05, 4.69) is 5.32 Å². The number of carbonyl (C=O) groups is 3. The summed E-state index contributed by atoms with van der Waals surface area (Å²) >= 11 is 3.02. The summed E-state index contributed by atoms with van der Waals surface area (Å²) in [6, 6.07) is 3.92. The maximum atomic E-state index is 12.9. The smallest absolute Gasteiger partial charge is 0.251 e. The lowest BCUT2D eigenvalue weighted by molar-refractivity contribution is -0.141. The summed E-state index contributed by atoms with van der Waals surface area (Å²) in [5.41, 5.74) is 7.06. The molecule has 29 heavy (non-hydrogen) atoms. The summed E-state index contributed by atoms with van der Waals surface area (Å²) in [6.45, 7) is 0.415. The van der Waals surface area contributed by atoms with E-state index in [4.69, 9.17) is 5.73 Å². The second-order valence-electron chi connectivity index (χ2n) is 7.73. The first-order valence-electron chi connectivity index (χ1n) is 10.1. The van der Waals surface area contributed by atoms with Crippen LogP contribution in [0, 0.1) is 5.92 Å². The normalized spacial score (nSPS) is 16.0. The van der Waals surface area contributed by atoms with Crippen molar-refractivity contribution < 1.29 is 14.4 Å². The van der Waals surface area contributed by atoms with Crippen molar-refractivity contribution in [3.8, 4) is 0 Å². The van der Waals surface area contributed by atoms with Crippen LogP contribution in [-0.2, 0) is 29.0 Å².